The van der Waals surface area contributed by atoms with Gasteiger partial charge in [0, 0.05) is 0 Å². The van der Waals surface area contributed by atoms with Crippen molar-refractivity contribution < 1.29 is 83.0 Å². The molecule has 0 saturated carbocycles. The lowest BCUT2D eigenvalue weighted by Gasteiger charge is -2.16. The third-order valence-electron chi connectivity index (χ3n) is 7.54. The predicted octanol–water partition coefficient (Wildman–Crippen LogP) is 13.9. The molecular formula is C42H30F15O4S3-. The lowest BCUT2D eigenvalue weighted by atomic mass is 10.2. The zero-order valence-electron chi connectivity index (χ0n) is 32.1. The average Bonchev–Trinajstić information content (AvgIpc) is 3.21. The first-order chi connectivity index (χ1) is 29.1. The first-order valence-corrected chi connectivity index (χ1v) is 20.7. The topological polar surface area (TPSA) is 74.3 Å². The summed E-state index contributed by atoms with van der Waals surface area (Å²) in [5.74, 6) is 0. The Hall–Kier alpha value is -5.32. The van der Waals surface area contributed by atoms with Gasteiger partial charge in [0.05, 0.1) is 31.7 Å². The molecule has 0 amide bonds. The van der Waals surface area contributed by atoms with Gasteiger partial charge in [-0.25, -0.2) is 12.6 Å². The summed E-state index contributed by atoms with van der Waals surface area (Å²) in [5.41, 5.74) is -9.95. The van der Waals surface area contributed by atoms with Crippen LogP contribution in [0, 0.1) is 7.43 Å². The number of benzene rings is 6. The lowest BCUT2D eigenvalue weighted by molar-refractivity contribution is -0.141. The molecular weight excluding hydrogens is 950 g/mol. The van der Waals surface area contributed by atoms with Crippen LogP contribution < -0.4 is 0 Å². The Kier molecular flexibility index (Phi) is 19.3. The fourth-order valence-electron chi connectivity index (χ4n) is 4.91. The molecule has 64 heavy (non-hydrogen) atoms. The highest BCUT2D eigenvalue weighted by molar-refractivity contribution is 7.97. The first-order valence-electron chi connectivity index (χ1n) is 16.9. The predicted molar refractivity (Wildman–Crippen MR) is 208 cm³/mol. The van der Waals surface area contributed by atoms with Crippen molar-refractivity contribution in [1.82, 2.24) is 0 Å². The van der Waals surface area contributed by atoms with E-state index in [1.165, 1.54) is 48.5 Å². The standard InChI is InChI=1S/C20H13F6S.C14H8F6OS.C6H6.CHF3O3S.CH3/c21-19(22,23)15-10-4-6-12-17(15)27(14-8-2-1-3-9-14)18-13-7-5-11-16(18)20(24,25)26;15-13(16,17)9-5-1-3-7-11(9)22(21)12-8-4-2-6-10(12)14(18,19)20;1-2-4-6-5-3-1;2-1(3,4)8(5,6)7;/h1-13H;1-8H;1-6H;(H,5,6,7);1H3/q+1;;;;-1/p-1. The molecule has 0 radical (unpaired) electrons. The minimum Gasteiger partial charge on any atom is -0.741 e. The first kappa shape index (κ1) is 54.8. The molecule has 6 aromatic carbocycles. The maximum atomic E-state index is 13.6. The van der Waals surface area contributed by atoms with Gasteiger partial charge < -0.3 is 12.0 Å². The van der Waals surface area contributed by atoms with Crippen molar-refractivity contribution in [3.05, 3.63) is 193 Å². The maximum absolute atomic E-state index is 13.6. The molecule has 0 unspecified atom stereocenters. The summed E-state index contributed by atoms with van der Waals surface area (Å²) >= 11 is 0. The van der Waals surface area contributed by atoms with Crippen LogP contribution in [0.15, 0.2) is 188 Å². The van der Waals surface area contributed by atoms with Crippen LogP contribution in [-0.2, 0) is 56.5 Å². The summed E-state index contributed by atoms with van der Waals surface area (Å²) in [6, 6.07) is 37.2. The summed E-state index contributed by atoms with van der Waals surface area (Å²) in [6.45, 7) is 0. The fourth-order valence-corrected chi connectivity index (χ4v) is 8.73. The molecule has 0 aliphatic carbocycles. The maximum Gasteiger partial charge on any atom is 0.485 e. The monoisotopic (exact) mass is 979 g/mol. The van der Waals surface area contributed by atoms with Crippen molar-refractivity contribution in [3.8, 4) is 0 Å². The summed E-state index contributed by atoms with van der Waals surface area (Å²) in [6.07, 6.45) is -19.0. The van der Waals surface area contributed by atoms with Crippen LogP contribution in [0.2, 0.25) is 0 Å². The van der Waals surface area contributed by atoms with Crippen LogP contribution in [-0.4, -0.2) is 22.7 Å². The Balaban J connectivity index is 0.000000338. The van der Waals surface area contributed by atoms with E-state index >= 15 is 0 Å². The second-order valence-corrected chi connectivity index (χ2v) is 16.7. The molecule has 0 aliphatic rings. The van der Waals surface area contributed by atoms with Gasteiger partial charge in [0.25, 0.3) is 0 Å². The highest BCUT2D eigenvalue weighted by Crippen LogP contribution is 2.44. The Labute approximate surface area is 362 Å². The largest absolute Gasteiger partial charge is 0.741 e. The molecule has 0 aromatic heterocycles. The minimum atomic E-state index is -6.09. The van der Waals surface area contributed by atoms with Gasteiger partial charge >= 0.3 is 30.2 Å². The zero-order valence-corrected chi connectivity index (χ0v) is 34.6. The highest BCUT2D eigenvalue weighted by Gasteiger charge is 2.46. The van der Waals surface area contributed by atoms with Gasteiger partial charge in [-0.1, -0.05) is 103 Å². The van der Waals surface area contributed by atoms with Crippen LogP contribution in [0.5, 0.6) is 0 Å². The van der Waals surface area contributed by atoms with Crippen LogP contribution in [0.4, 0.5) is 65.9 Å². The Morgan fingerprint density at radius 3 is 0.906 bits per heavy atom. The zero-order chi connectivity index (χ0) is 47.4. The smallest absolute Gasteiger partial charge is 0.485 e. The number of hydrogen-bond acceptors (Lipinski definition) is 4. The second-order valence-electron chi connectivity index (χ2n) is 11.9. The molecule has 4 nitrogen and oxygen atoms in total. The molecule has 6 rings (SSSR count). The van der Waals surface area contributed by atoms with E-state index in [1.54, 1.807) is 30.3 Å². The Morgan fingerprint density at radius 2 is 0.625 bits per heavy atom. The summed E-state index contributed by atoms with van der Waals surface area (Å²) in [7, 11) is -10.3. The molecule has 0 atom stereocenters. The van der Waals surface area contributed by atoms with Crippen LogP contribution in [0.3, 0.4) is 0 Å². The summed E-state index contributed by atoms with van der Waals surface area (Å²) < 4.78 is 230. The van der Waals surface area contributed by atoms with Gasteiger partial charge in [-0.2, -0.15) is 65.9 Å². The van der Waals surface area contributed by atoms with E-state index in [0.717, 1.165) is 36.4 Å². The Morgan fingerprint density at radius 1 is 0.391 bits per heavy atom. The van der Waals surface area contributed by atoms with E-state index in [4.69, 9.17) is 13.0 Å². The van der Waals surface area contributed by atoms with Crippen LogP contribution >= 0.6 is 0 Å². The summed E-state index contributed by atoms with van der Waals surface area (Å²) in [4.78, 5) is -1.40. The van der Waals surface area contributed by atoms with Gasteiger partial charge in [-0.05, 0) is 60.7 Å². The molecule has 0 spiro atoms. The number of hydrogen-bond donors (Lipinski definition) is 0. The number of alkyl halides is 15. The van der Waals surface area contributed by atoms with Crippen LogP contribution in [0.25, 0.3) is 0 Å². The van der Waals surface area contributed by atoms with E-state index in [2.05, 4.69) is 0 Å². The third-order valence-corrected chi connectivity index (χ3v) is 12.0. The molecule has 0 saturated heterocycles. The van der Waals surface area contributed by atoms with Gasteiger partial charge in [-0.15, -0.1) is 0 Å². The van der Waals surface area contributed by atoms with E-state index in [-0.39, 0.29) is 17.2 Å². The molecule has 0 aliphatic heterocycles. The van der Waals surface area contributed by atoms with Crippen molar-refractivity contribution in [2.75, 3.05) is 0 Å². The van der Waals surface area contributed by atoms with E-state index in [0.29, 0.717) is 17.0 Å². The van der Waals surface area contributed by atoms with E-state index in [1.807, 2.05) is 36.4 Å². The van der Waals surface area contributed by atoms with Gasteiger partial charge in [0.1, 0.15) is 22.0 Å². The third kappa shape index (κ3) is 15.7. The van der Waals surface area contributed by atoms with E-state index in [9.17, 15) is 70.1 Å². The molecule has 0 heterocycles. The Bertz CT molecular complexity index is 2360. The normalized spacial score (nSPS) is 12.1. The van der Waals surface area contributed by atoms with Crippen molar-refractivity contribution in [2.24, 2.45) is 0 Å². The van der Waals surface area contributed by atoms with Crippen molar-refractivity contribution in [2.45, 2.75) is 54.7 Å². The quantitative estimate of drug-likeness (QED) is 0.0567. The SMILES string of the molecule is FC(F)(F)c1ccccc1[S+](c1ccccc1)c1ccccc1C(F)(F)F.O=S(=O)([O-])C(F)(F)F.O=S(c1ccccc1C(F)(F)F)c1ccccc1C(F)(F)F.[CH3-].c1ccccc1. The van der Waals surface area contributed by atoms with Crippen molar-refractivity contribution in [1.29, 1.82) is 0 Å². The number of rotatable bonds is 5. The lowest BCUT2D eigenvalue weighted by Crippen LogP contribution is -2.21. The molecule has 0 N–H and O–H groups in total. The highest BCUT2D eigenvalue weighted by atomic mass is 32.2. The molecule has 346 valence electrons. The van der Waals surface area contributed by atoms with Gasteiger partial charge in [0.2, 0.25) is 0 Å². The van der Waals surface area contributed by atoms with Crippen LogP contribution in [0.1, 0.15) is 22.3 Å². The van der Waals surface area contributed by atoms with Crippen molar-refractivity contribution >= 4 is 31.8 Å². The van der Waals surface area contributed by atoms with Gasteiger partial charge in [0.15, 0.2) is 24.8 Å². The van der Waals surface area contributed by atoms with Crippen molar-refractivity contribution in [3.63, 3.8) is 0 Å². The van der Waals surface area contributed by atoms with Gasteiger partial charge in [-0.3, -0.25) is 0 Å². The average molecular weight is 980 g/mol. The fraction of sp³-hybridized carbons (Fsp3) is 0.119. The molecule has 6 aromatic rings. The molecule has 0 bridgehead atoms. The van der Waals surface area contributed by atoms with E-state index < -0.39 is 94.1 Å². The second kappa shape index (κ2) is 22.5. The summed E-state index contributed by atoms with van der Waals surface area (Å²) in [5, 5.41) is 0. The minimum absolute atomic E-state index is 0. The number of halogens is 15. The molecule has 0 fully saturated rings. The molecule has 22 heteroatoms.